The van der Waals surface area contributed by atoms with Crippen LogP contribution < -0.4 is 0 Å². The van der Waals surface area contributed by atoms with Crippen molar-refractivity contribution in [2.75, 3.05) is 0 Å². The molecule has 0 fully saturated rings. The van der Waals surface area contributed by atoms with E-state index in [9.17, 15) is 9.90 Å². The second-order valence-corrected chi connectivity index (χ2v) is 4.13. The molecule has 0 saturated carbocycles. The Morgan fingerprint density at radius 1 is 1.40 bits per heavy atom. The number of hydrogen-bond acceptors (Lipinski definition) is 2. The number of rotatable bonds is 4. The number of aliphatic hydroxyl groups excluding tert-OH is 1. The number of carbonyl (C=O) groups excluding carboxylic acids is 1. The highest BCUT2D eigenvalue weighted by molar-refractivity contribution is 6.42. The molecule has 0 aromatic heterocycles. The van der Waals surface area contributed by atoms with E-state index in [0.717, 1.165) is 5.56 Å². The maximum atomic E-state index is 11.4. The van der Waals surface area contributed by atoms with E-state index in [0.29, 0.717) is 16.5 Å². The zero-order valence-electron chi connectivity index (χ0n) is 8.34. The zero-order chi connectivity index (χ0) is 11.4. The largest absolute Gasteiger partial charge is 0.385 e. The van der Waals surface area contributed by atoms with Crippen LogP contribution in [-0.2, 0) is 11.2 Å². The quantitative estimate of drug-likeness (QED) is 0.888. The Morgan fingerprint density at radius 3 is 2.60 bits per heavy atom. The lowest BCUT2D eigenvalue weighted by Crippen LogP contribution is -2.21. The molecule has 0 spiro atoms. The third-order valence-electron chi connectivity index (χ3n) is 2.12. The Labute approximate surface area is 98.8 Å². The Kier molecular flexibility index (Phi) is 4.58. The van der Waals surface area contributed by atoms with E-state index in [1.165, 1.54) is 0 Å². The summed E-state index contributed by atoms with van der Waals surface area (Å²) in [6.07, 6.45) is -0.272. The second-order valence-electron chi connectivity index (χ2n) is 3.32. The number of Topliss-reactive ketones (excluding diaryl/α,β-unsaturated/α-hetero) is 1. The Hall–Kier alpha value is -0.570. The molecule has 1 rings (SSSR count). The molecule has 2 nitrogen and oxygen atoms in total. The van der Waals surface area contributed by atoms with Gasteiger partial charge in [-0.2, -0.15) is 0 Å². The first-order chi connectivity index (χ1) is 7.04. The minimum atomic E-state index is -0.889. The molecule has 1 aromatic rings. The van der Waals surface area contributed by atoms with E-state index in [-0.39, 0.29) is 12.2 Å². The molecule has 0 amide bonds. The summed E-state index contributed by atoms with van der Waals surface area (Å²) in [5, 5.41) is 10.2. The van der Waals surface area contributed by atoms with Gasteiger partial charge in [-0.05, 0) is 24.1 Å². The molecule has 1 aromatic carbocycles. The summed E-state index contributed by atoms with van der Waals surface area (Å²) in [6.45, 7) is 1.76. The predicted octanol–water partition coefficient (Wildman–Crippen LogP) is 2.88. The van der Waals surface area contributed by atoms with Crippen molar-refractivity contribution >= 4 is 29.0 Å². The van der Waals surface area contributed by atoms with E-state index in [4.69, 9.17) is 23.2 Å². The fourth-order valence-corrected chi connectivity index (χ4v) is 1.52. The maximum Gasteiger partial charge on any atom is 0.165 e. The standard InChI is InChI=1S/C11H12Cl2O2/c1-2-10(14)11(15)6-7-3-4-8(12)9(13)5-7/h3-5,10,14H,2,6H2,1H3. The van der Waals surface area contributed by atoms with Crippen molar-refractivity contribution in [3.63, 3.8) is 0 Å². The minimum absolute atomic E-state index is 0.186. The highest BCUT2D eigenvalue weighted by Gasteiger charge is 2.13. The number of benzene rings is 1. The van der Waals surface area contributed by atoms with Gasteiger partial charge in [-0.3, -0.25) is 4.79 Å². The van der Waals surface area contributed by atoms with Crippen LogP contribution in [0.5, 0.6) is 0 Å². The Bertz CT molecular complexity index is 364. The van der Waals surface area contributed by atoms with Crippen molar-refractivity contribution in [3.8, 4) is 0 Å². The number of aliphatic hydroxyl groups is 1. The van der Waals surface area contributed by atoms with Crippen LogP contribution in [0.4, 0.5) is 0 Å². The normalized spacial score (nSPS) is 12.5. The van der Waals surface area contributed by atoms with Crippen molar-refractivity contribution in [3.05, 3.63) is 33.8 Å². The van der Waals surface area contributed by atoms with Crippen LogP contribution in [0.15, 0.2) is 18.2 Å². The van der Waals surface area contributed by atoms with Crippen LogP contribution in [0.3, 0.4) is 0 Å². The van der Waals surface area contributed by atoms with Crippen LogP contribution in [0.2, 0.25) is 10.0 Å². The third-order valence-corrected chi connectivity index (χ3v) is 2.86. The minimum Gasteiger partial charge on any atom is -0.385 e. The fourth-order valence-electron chi connectivity index (χ4n) is 1.20. The van der Waals surface area contributed by atoms with Crippen LogP contribution in [0, 0.1) is 0 Å². The molecular weight excluding hydrogens is 235 g/mol. The van der Waals surface area contributed by atoms with Gasteiger partial charge in [0.05, 0.1) is 10.0 Å². The van der Waals surface area contributed by atoms with Gasteiger partial charge in [-0.25, -0.2) is 0 Å². The molecule has 0 bridgehead atoms. The lowest BCUT2D eigenvalue weighted by Gasteiger charge is -2.07. The lowest BCUT2D eigenvalue weighted by atomic mass is 10.0. The van der Waals surface area contributed by atoms with E-state index in [1.54, 1.807) is 25.1 Å². The summed E-state index contributed by atoms with van der Waals surface area (Å²) in [5.41, 5.74) is 0.766. The summed E-state index contributed by atoms with van der Waals surface area (Å²) in [5.74, 6) is -0.198. The summed E-state index contributed by atoms with van der Waals surface area (Å²) in [7, 11) is 0. The first-order valence-corrected chi connectivity index (χ1v) is 5.45. The first-order valence-electron chi connectivity index (χ1n) is 4.69. The summed E-state index contributed by atoms with van der Waals surface area (Å²) < 4.78 is 0. The van der Waals surface area contributed by atoms with Crippen molar-refractivity contribution in [2.24, 2.45) is 0 Å². The lowest BCUT2D eigenvalue weighted by molar-refractivity contribution is -0.126. The molecule has 1 N–H and O–H groups in total. The molecule has 0 saturated heterocycles. The molecule has 4 heteroatoms. The van der Waals surface area contributed by atoms with E-state index >= 15 is 0 Å². The second kappa shape index (κ2) is 5.50. The number of ketones is 1. The van der Waals surface area contributed by atoms with Crippen LogP contribution in [0.1, 0.15) is 18.9 Å². The van der Waals surface area contributed by atoms with Gasteiger partial charge >= 0.3 is 0 Å². The Morgan fingerprint density at radius 2 is 2.07 bits per heavy atom. The summed E-state index contributed by atoms with van der Waals surface area (Å²) in [4.78, 5) is 11.4. The third kappa shape index (κ3) is 3.49. The average molecular weight is 247 g/mol. The molecule has 82 valence electrons. The van der Waals surface area contributed by atoms with Gasteiger partial charge in [0.2, 0.25) is 0 Å². The molecular formula is C11H12Cl2O2. The van der Waals surface area contributed by atoms with Gasteiger partial charge < -0.3 is 5.11 Å². The molecule has 0 aliphatic heterocycles. The van der Waals surface area contributed by atoms with Crippen LogP contribution >= 0.6 is 23.2 Å². The topological polar surface area (TPSA) is 37.3 Å². The SMILES string of the molecule is CCC(O)C(=O)Cc1ccc(Cl)c(Cl)c1. The van der Waals surface area contributed by atoms with Gasteiger partial charge in [0.1, 0.15) is 6.10 Å². The molecule has 1 atom stereocenters. The number of carbonyl (C=O) groups is 1. The maximum absolute atomic E-state index is 11.4. The van der Waals surface area contributed by atoms with Gasteiger partial charge in [0.15, 0.2) is 5.78 Å². The van der Waals surface area contributed by atoms with Crippen molar-refractivity contribution in [1.29, 1.82) is 0 Å². The van der Waals surface area contributed by atoms with Crippen molar-refractivity contribution < 1.29 is 9.90 Å². The Balaban J connectivity index is 2.73. The van der Waals surface area contributed by atoms with Crippen LogP contribution in [-0.4, -0.2) is 17.0 Å². The van der Waals surface area contributed by atoms with E-state index < -0.39 is 6.10 Å². The number of halogens is 2. The molecule has 0 aliphatic carbocycles. The smallest absolute Gasteiger partial charge is 0.165 e. The highest BCUT2D eigenvalue weighted by Crippen LogP contribution is 2.23. The van der Waals surface area contributed by atoms with Gasteiger partial charge in [0, 0.05) is 6.42 Å². The molecule has 15 heavy (non-hydrogen) atoms. The summed E-state index contributed by atoms with van der Waals surface area (Å²) >= 11 is 11.5. The van der Waals surface area contributed by atoms with Gasteiger partial charge in [-0.1, -0.05) is 36.2 Å². The predicted molar refractivity (Wildman–Crippen MR) is 61.5 cm³/mol. The van der Waals surface area contributed by atoms with Crippen molar-refractivity contribution in [1.82, 2.24) is 0 Å². The highest BCUT2D eigenvalue weighted by atomic mass is 35.5. The summed E-state index contributed by atoms with van der Waals surface area (Å²) in [6, 6.07) is 5.02. The van der Waals surface area contributed by atoms with E-state index in [1.807, 2.05) is 0 Å². The molecule has 0 radical (unpaired) electrons. The van der Waals surface area contributed by atoms with Crippen LogP contribution in [0.25, 0.3) is 0 Å². The van der Waals surface area contributed by atoms with Gasteiger partial charge in [0.25, 0.3) is 0 Å². The zero-order valence-corrected chi connectivity index (χ0v) is 9.85. The average Bonchev–Trinajstić information content (AvgIpc) is 2.22. The van der Waals surface area contributed by atoms with Gasteiger partial charge in [-0.15, -0.1) is 0 Å². The molecule has 0 aliphatic rings. The molecule has 0 heterocycles. The first kappa shape index (κ1) is 12.5. The molecule has 1 unspecified atom stereocenters. The van der Waals surface area contributed by atoms with E-state index in [2.05, 4.69) is 0 Å². The number of hydrogen-bond donors (Lipinski definition) is 1. The fraction of sp³-hybridized carbons (Fsp3) is 0.364. The van der Waals surface area contributed by atoms with Crippen molar-refractivity contribution in [2.45, 2.75) is 25.9 Å². The monoisotopic (exact) mass is 246 g/mol.